The van der Waals surface area contributed by atoms with Crippen LogP contribution in [0.2, 0.25) is 0 Å². The van der Waals surface area contributed by atoms with Crippen LogP contribution in [0.1, 0.15) is 38.4 Å². The summed E-state index contributed by atoms with van der Waals surface area (Å²) in [5.74, 6) is 0. The van der Waals surface area contributed by atoms with Crippen molar-refractivity contribution < 1.29 is 4.74 Å². The fourth-order valence-corrected chi connectivity index (χ4v) is 2.32. The average Bonchev–Trinajstić information content (AvgIpc) is 2.76. The minimum atomic E-state index is 0.181. The van der Waals surface area contributed by atoms with Gasteiger partial charge in [-0.1, -0.05) is 26.8 Å². The van der Waals surface area contributed by atoms with E-state index in [0.717, 1.165) is 31.7 Å². The van der Waals surface area contributed by atoms with Crippen LogP contribution >= 0.6 is 0 Å². The van der Waals surface area contributed by atoms with Gasteiger partial charge in [0.25, 0.3) is 0 Å². The molecule has 1 aliphatic rings. The van der Waals surface area contributed by atoms with Gasteiger partial charge in [-0.3, -0.25) is 9.88 Å². The molecule has 3 heteroatoms. The van der Waals surface area contributed by atoms with Gasteiger partial charge >= 0.3 is 0 Å². The van der Waals surface area contributed by atoms with E-state index in [4.69, 9.17) is 4.74 Å². The highest BCUT2D eigenvalue weighted by atomic mass is 16.5. The number of rotatable bonds is 3. The predicted molar refractivity (Wildman–Crippen MR) is 73.6 cm³/mol. The molecule has 18 heavy (non-hydrogen) atoms. The molecule has 2 heterocycles. The normalized spacial score (nSPS) is 21.4. The second kappa shape index (κ2) is 5.37. The predicted octanol–water partition coefficient (Wildman–Crippen LogP) is 2.60. The van der Waals surface area contributed by atoms with E-state index in [1.165, 1.54) is 5.56 Å². The van der Waals surface area contributed by atoms with Crippen LogP contribution in [0.25, 0.3) is 0 Å². The Morgan fingerprint density at radius 2 is 2.17 bits per heavy atom. The molecular formula is C15H24N2O. The standard InChI is InChI=1S/C15H24N2O/c1-15(2,3)12-5-6-13(16-9-12)10-17-8-7-14(11-17)18-4/h5-6,9,14H,7-8,10-11H2,1-4H3/t14-/m0/s1. The molecule has 1 aromatic rings. The van der Waals surface area contributed by atoms with E-state index >= 15 is 0 Å². The van der Waals surface area contributed by atoms with Crippen molar-refractivity contribution in [2.45, 2.75) is 45.3 Å². The molecule has 0 amide bonds. The van der Waals surface area contributed by atoms with Crippen molar-refractivity contribution >= 4 is 0 Å². The summed E-state index contributed by atoms with van der Waals surface area (Å²) < 4.78 is 5.38. The Kier molecular flexibility index (Phi) is 4.03. The number of ether oxygens (including phenoxy) is 1. The number of hydrogen-bond donors (Lipinski definition) is 0. The van der Waals surface area contributed by atoms with Gasteiger partial charge in [0.15, 0.2) is 0 Å². The maximum atomic E-state index is 5.38. The van der Waals surface area contributed by atoms with Crippen LogP contribution < -0.4 is 0 Å². The van der Waals surface area contributed by atoms with E-state index in [2.05, 4.69) is 42.8 Å². The molecule has 0 saturated carbocycles. The van der Waals surface area contributed by atoms with Crippen molar-refractivity contribution in [3.05, 3.63) is 29.6 Å². The molecule has 0 spiro atoms. The minimum Gasteiger partial charge on any atom is -0.380 e. The summed E-state index contributed by atoms with van der Waals surface area (Å²) in [7, 11) is 1.80. The van der Waals surface area contributed by atoms with Gasteiger partial charge in [-0.05, 0) is 23.5 Å². The molecule has 0 radical (unpaired) electrons. The molecular weight excluding hydrogens is 224 g/mol. The molecule has 3 nitrogen and oxygen atoms in total. The second-order valence-electron chi connectivity index (χ2n) is 6.17. The summed E-state index contributed by atoms with van der Waals surface area (Å²) in [4.78, 5) is 6.99. The van der Waals surface area contributed by atoms with Gasteiger partial charge in [0, 0.05) is 32.9 Å². The van der Waals surface area contributed by atoms with E-state index < -0.39 is 0 Å². The first-order chi connectivity index (χ1) is 8.49. The monoisotopic (exact) mass is 248 g/mol. The number of pyridine rings is 1. The lowest BCUT2D eigenvalue weighted by Gasteiger charge is -2.19. The zero-order valence-electron chi connectivity index (χ0n) is 11.9. The topological polar surface area (TPSA) is 25.4 Å². The minimum absolute atomic E-state index is 0.181. The van der Waals surface area contributed by atoms with Crippen molar-refractivity contribution in [1.82, 2.24) is 9.88 Å². The Morgan fingerprint density at radius 3 is 2.67 bits per heavy atom. The summed E-state index contributed by atoms with van der Waals surface area (Å²) >= 11 is 0. The Bertz CT molecular complexity index is 380. The number of aromatic nitrogens is 1. The van der Waals surface area contributed by atoms with Crippen LogP contribution in [0.3, 0.4) is 0 Å². The Balaban J connectivity index is 1.95. The van der Waals surface area contributed by atoms with Crippen molar-refractivity contribution in [2.75, 3.05) is 20.2 Å². The fraction of sp³-hybridized carbons (Fsp3) is 0.667. The van der Waals surface area contributed by atoms with Gasteiger partial charge in [0.05, 0.1) is 11.8 Å². The van der Waals surface area contributed by atoms with Gasteiger partial charge < -0.3 is 4.74 Å². The zero-order chi connectivity index (χ0) is 13.2. The Morgan fingerprint density at radius 1 is 1.39 bits per heavy atom. The Hall–Kier alpha value is -0.930. The third kappa shape index (κ3) is 3.30. The SMILES string of the molecule is CO[C@H]1CCN(Cc2ccc(C(C)(C)C)cn2)C1. The average molecular weight is 248 g/mol. The van der Waals surface area contributed by atoms with Crippen LogP contribution in [0.4, 0.5) is 0 Å². The van der Waals surface area contributed by atoms with Crippen LogP contribution in [-0.2, 0) is 16.7 Å². The van der Waals surface area contributed by atoms with E-state index in [0.29, 0.717) is 6.10 Å². The highest BCUT2D eigenvalue weighted by Crippen LogP contribution is 2.21. The lowest BCUT2D eigenvalue weighted by molar-refractivity contribution is 0.107. The summed E-state index contributed by atoms with van der Waals surface area (Å²) in [6.07, 6.45) is 3.55. The van der Waals surface area contributed by atoms with Crippen LogP contribution in [-0.4, -0.2) is 36.2 Å². The quantitative estimate of drug-likeness (QED) is 0.822. The highest BCUT2D eigenvalue weighted by Gasteiger charge is 2.22. The maximum absolute atomic E-state index is 5.38. The molecule has 100 valence electrons. The molecule has 2 rings (SSSR count). The molecule has 1 saturated heterocycles. The van der Waals surface area contributed by atoms with Crippen LogP contribution in [0.15, 0.2) is 18.3 Å². The third-order valence-corrected chi connectivity index (χ3v) is 3.64. The largest absolute Gasteiger partial charge is 0.380 e. The second-order valence-corrected chi connectivity index (χ2v) is 6.17. The molecule has 0 bridgehead atoms. The first kappa shape index (κ1) is 13.5. The summed E-state index contributed by atoms with van der Waals surface area (Å²) in [6, 6.07) is 4.35. The molecule has 1 aromatic heterocycles. The molecule has 0 unspecified atom stereocenters. The first-order valence-electron chi connectivity index (χ1n) is 6.69. The van der Waals surface area contributed by atoms with Crippen LogP contribution in [0, 0.1) is 0 Å². The van der Waals surface area contributed by atoms with Crippen LogP contribution in [0.5, 0.6) is 0 Å². The smallest absolute Gasteiger partial charge is 0.0710 e. The Labute approximate surface area is 110 Å². The zero-order valence-corrected chi connectivity index (χ0v) is 11.9. The number of likely N-dealkylation sites (tertiary alicyclic amines) is 1. The fourth-order valence-electron chi connectivity index (χ4n) is 2.32. The lowest BCUT2D eigenvalue weighted by Crippen LogP contribution is -2.23. The summed E-state index contributed by atoms with van der Waals surface area (Å²) in [5, 5.41) is 0. The van der Waals surface area contributed by atoms with Crippen molar-refractivity contribution in [1.29, 1.82) is 0 Å². The van der Waals surface area contributed by atoms with Crippen molar-refractivity contribution in [3.8, 4) is 0 Å². The molecule has 1 fully saturated rings. The number of nitrogens with zero attached hydrogens (tertiary/aromatic N) is 2. The van der Waals surface area contributed by atoms with E-state index in [1.54, 1.807) is 7.11 Å². The molecule has 0 aromatic carbocycles. The van der Waals surface area contributed by atoms with Gasteiger partial charge in [0.2, 0.25) is 0 Å². The first-order valence-corrected chi connectivity index (χ1v) is 6.69. The maximum Gasteiger partial charge on any atom is 0.0710 e. The van der Waals surface area contributed by atoms with Gasteiger partial charge in [-0.2, -0.15) is 0 Å². The third-order valence-electron chi connectivity index (χ3n) is 3.64. The van der Waals surface area contributed by atoms with E-state index in [9.17, 15) is 0 Å². The molecule has 1 atom stereocenters. The van der Waals surface area contributed by atoms with Gasteiger partial charge in [-0.15, -0.1) is 0 Å². The number of hydrogen-bond acceptors (Lipinski definition) is 3. The van der Waals surface area contributed by atoms with E-state index in [1.807, 2.05) is 6.20 Å². The van der Waals surface area contributed by atoms with Gasteiger partial charge in [0.1, 0.15) is 0 Å². The molecule has 0 N–H and O–H groups in total. The molecule has 1 aliphatic heterocycles. The van der Waals surface area contributed by atoms with E-state index in [-0.39, 0.29) is 5.41 Å². The highest BCUT2D eigenvalue weighted by molar-refractivity contribution is 5.21. The molecule has 0 aliphatic carbocycles. The van der Waals surface area contributed by atoms with Crippen molar-refractivity contribution in [3.63, 3.8) is 0 Å². The lowest BCUT2D eigenvalue weighted by atomic mass is 9.88. The summed E-state index contributed by atoms with van der Waals surface area (Å²) in [6.45, 7) is 9.72. The van der Waals surface area contributed by atoms with Crippen molar-refractivity contribution in [2.24, 2.45) is 0 Å². The van der Waals surface area contributed by atoms with Gasteiger partial charge in [-0.25, -0.2) is 0 Å². The summed E-state index contributed by atoms with van der Waals surface area (Å²) in [5.41, 5.74) is 2.63. The number of methoxy groups -OCH3 is 1.